The van der Waals surface area contributed by atoms with Crippen LogP contribution in [0.25, 0.3) is 0 Å². The van der Waals surface area contributed by atoms with Gasteiger partial charge in [-0.2, -0.15) is 0 Å². The Morgan fingerprint density at radius 3 is 0.808 bits per heavy atom. The molecule has 0 bridgehead atoms. The molecule has 0 aliphatic heterocycles. The smallest absolute Gasteiger partial charge is 0.306 e. The number of carbonyl (C=O) groups excluding carboxylic acids is 3. The van der Waals surface area contributed by atoms with Gasteiger partial charge >= 0.3 is 17.9 Å². The first-order chi connectivity index (χ1) is 36.0. The second-order valence-electron chi connectivity index (χ2n) is 22.0. The minimum absolute atomic E-state index is 0.0866. The van der Waals surface area contributed by atoms with Crippen LogP contribution in [0.5, 0.6) is 0 Å². The first kappa shape index (κ1) is 70.6. The second-order valence-corrected chi connectivity index (χ2v) is 22.0. The molecule has 0 radical (unpaired) electrons. The maximum absolute atomic E-state index is 12.9. The van der Waals surface area contributed by atoms with Gasteiger partial charge < -0.3 is 14.2 Å². The Morgan fingerprint density at radius 2 is 0.507 bits per heavy atom. The molecule has 1 atom stereocenters. The summed E-state index contributed by atoms with van der Waals surface area (Å²) in [6, 6.07) is 0. The summed E-state index contributed by atoms with van der Waals surface area (Å²) in [7, 11) is 0. The zero-order chi connectivity index (χ0) is 52.9. The number of hydrogen-bond acceptors (Lipinski definition) is 6. The molecule has 0 fully saturated rings. The van der Waals surface area contributed by atoms with Crippen LogP contribution in [0.15, 0.2) is 36.5 Å². The van der Waals surface area contributed by atoms with Crippen molar-refractivity contribution in [3.8, 4) is 0 Å². The molecule has 0 aromatic rings. The standard InChI is InChI=1S/C67H124O6/c1-4-7-10-13-16-19-22-25-28-31-32-33-34-37-39-42-45-48-51-54-57-60-66(69)72-63-64(73-67(70)61-58-55-52-49-46-43-40-36-30-27-24-21-18-15-12-9-6-3)62-71-65(68)59-56-53-50-47-44-41-38-35-29-26-23-20-17-14-11-8-5-2/h27,30,40,43,49,52,64H,4-26,28-29,31-39,41-42,44-48,50-51,53-63H2,1-3H3/b30-27-,43-40-,52-49-. The van der Waals surface area contributed by atoms with E-state index in [1.165, 1.54) is 250 Å². The van der Waals surface area contributed by atoms with Crippen molar-refractivity contribution in [2.75, 3.05) is 13.2 Å². The molecule has 0 N–H and O–H groups in total. The van der Waals surface area contributed by atoms with Crippen LogP contribution < -0.4 is 0 Å². The molecule has 0 aromatic heterocycles. The number of rotatable bonds is 60. The molecule has 73 heavy (non-hydrogen) atoms. The molecule has 0 heterocycles. The van der Waals surface area contributed by atoms with E-state index < -0.39 is 6.10 Å². The first-order valence-corrected chi connectivity index (χ1v) is 32.5. The van der Waals surface area contributed by atoms with Gasteiger partial charge in [0.2, 0.25) is 0 Å². The summed E-state index contributed by atoms with van der Waals surface area (Å²) < 4.78 is 16.9. The summed E-state index contributed by atoms with van der Waals surface area (Å²) >= 11 is 0. The van der Waals surface area contributed by atoms with E-state index >= 15 is 0 Å². The van der Waals surface area contributed by atoms with E-state index in [1.54, 1.807) is 0 Å². The number of unbranched alkanes of at least 4 members (excludes halogenated alkanes) is 43. The normalized spacial score (nSPS) is 12.2. The van der Waals surface area contributed by atoms with Crippen LogP contribution in [-0.4, -0.2) is 37.2 Å². The lowest BCUT2D eigenvalue weighted by Crippen LogP contribution is -2.30. The lowest BCUT2D eigenvalue weighted by Gasteiger charge is -2.18. The fourth-order valence-corrected chi connectivity index (χ4v) is 9.76. The van der Waals surface area contributed by atoms with Crippen LogP contribution in [0, 0.1) is 0 Å². The van der Waals surface area contributed by atoms with Crippen molar-refractivity contribution in [1.29, 1.82) is 0 Å². The summed E-state index contributed by atoms with van der Waals surface area (Å²) in [6.45, 7) is 6.66. The van der Waals surface area contributed by atoms with E-state index in [-0.39, 0.29) is 37.5 Å². The minimum atomic E-state index is -0.795. The van der Waals surface area contributed by atoms with E-state index in [1.807, 2.05) is 0 Å². The molecule has 428 valence electrons. The summed E-state index contributed by atoms with van der Waals surface area (Å²) in [5, 5.41) is 0. The molecular weight excluding hydrogens is 901 g/mol. The molecule has 6 nitrogen and oxygen atoms in total. The van der Waals surface area contributed by atoms with Gasteiger partial charge in [0.25, 0.3) is 0 Å². The predicted octanol–water partition coefficient (Wildman–Crippen LogP) is 22.0. The summed E-state index contributed by atoms with van der Waals surface area (Å²) in [5.41, 5.74) is 0. The lowest BCUT2D eigenvalue weighted by atomic mass is 10.0. The fraction of sp³-hybridized carbons (Fsp3) is 0.866. The molecule has 0 aliphatic carbocycles. The van der Waals surface area contributed by atoms with Gasteiger partial charge in [0, 0.05) is 19.3 Å². The maximum atomic E-state index is 12.9. The molecule has 0 aliphatic rings. The van der Waals surface area contributed by atoms with Crippen LogP contribution in [0.4, 0.5) is 0 Å². The summed E-state index contributed by atoms with van der Waals surface area (Å²) in [4.78, 5) is 38.3. The van der Waals surface area contributed by atoms with Crippen LogP contribution in [-0.2, 0) is 28.6 Å². The topological polar surface area (TPSA) is 78.9 Å². The average Bonchev–Trinajstić information content (AvgIpc) is 3.39. The fourth-order valence-electron chi connectivity index (χ4n) is 9.76. The maximum Gasteiger partial charge on any atom is 0.306 e. The quantitative estimate of drug-likeness (QED) is 0.0261. The molecular formula is C67H124O6. The highest BCUT2D eigenvalue weighted by Crippen LogP contribution is 2.18. The van der Waals surface area contributed by atoms with Crippen molar-refractivity contribution < 1.29 is 28.6 Å². The molecule has 0 amide bonds. The zero-order valence-electron chi connectivity index (χ0n) is 49.2. The molecule has 0 spiro atoms. The van der Waals surface area contributed by atoms with Gasteiger partial charge in [-0.1, -0.05) is 320 Å². The van der Waals surface area contributed by atoms with Gasteiger partial charge in [0.05, 0.1) is 0 Å². The Labute approximate surface area is 455 Å². The van der Waals surface area contributed by atoms with Crippen molar-refractivity contribution >= 4 is 17.9 Å². The van der Waals surface area contributed by atoms with Gasteiger partial charge in [-0.15, -0.1) is 0 Å². The van der Waals surface area contributed by atoms with Crippen molar-refractivity contribution in [2.24, 2.45) is 0 Å². The van der Waals surface area contributed by atoms with E-state index in [0.717, 1.165) is 57.8 Å². The minimum Gasteiger partial charge on any atom is -0.462 e. The first-order valence-electron chi connectivity index (χ1n) is 32.5. The number of allylic oxidation sites excluding steroid dienone is 6. The Morgan fingerprint density at radius 1 is 0.274 bits per heavy atom. The summed E-state index contributed by atoms with van der Waals surface area (Å²) in [5.74, 6) is -0.913. The molecule has 0 aromatic carbocycles. The van der Waals surface area contributed by atoms with Crippen LogP contribution in [0.1, 0.15) is 355 Å². The number of hydrogen-bond donors (Lipinski definition) is 0. The van der Waals surface area contributed by atoms with E-state index in [2.05, 4.69) is 57.2 Å². The van der Waals surface area contributed by atoms with E-state index in [0.29, 0.717) is 19.3 Å². The van der Waals surface area contributed by atoms with Crippen molar-refractivity contribution in [1.82, 2.24) is 0 Å². The van der Waals surface area contributed by atoms with Crippen LogP contribution in [0.2, 0.25) is 0 Å². The Hall–Kier alpha value is -2.37. The Balaban J connectivity index is 4.36. The monoisotopic (exact) mass is 1020 g/mol. The summed E-state index contributed by atoms with van der Waals surface area (Å²) in [6.07, 6.45) is 75.9. The Kier molecular flexibility index (Phi) is 60.2. The second kappa shape index (κ2) is 62.2. The molecule has 0 rings (SSSR count). The Bertz CT molecular complexity index is 1220. The largest absolute Gasteiger partial charge is 0.462 e. The third-order valence-electron chi connectivity index (χ3n) is 14.6. The number of ether oxygens (including phenoxy) is 3. The van der Waals surface area contributed by atoms with Gasteiger partial charge in [-0.3, -0.25) is 14.4 Å². The van der Waals surface area contributed by atoms with E-state index in [4.69, 9.17) is 14.2 Å². The highest BCUT2D eigenvalue weighted by Gasteiger charge is 2.19. The number of carbonyl (C=O) groups is 3. The van der Waals surface area contributed by atoms with E-state index in [9.17, 15) is 14.4 Å². The highest BCUT2D eigenvalue weighted by molar-refractivity contribution is 5.71. The van der Waals surface area contributed by atoms with Gasteiger partial charge in [-0.05, 0) is 51.4 Å². The van der Waals surface area contributed by atoms with Gasteiger partial charge in [0.1, 0.15) is 13.2 Å². The third-order valence-corrected chi connectivity index (χ3v) is 14.6. The molecule has 1 unspecified atom stereocenters. The third kappa shape index (κ3) is 60.4. The number of esters is 3. The SMILES string of the molecule is CCCCCCCC/C=C\C/C=C\C/C=C\CCCC(=O)OC(COC(=O)CCCCCCCCCCCCCCCCCCC)COC(=O)CCCCCCCCCCCCCCCCCCCCCCC. The van der Waals surface area contributed by atoms with Crippen LogP contribution in [0.3, 0.4) is 0 Å². The molecule has 0 saturated heterocycles. The zero-order valence-corrected chi connectivity index (χ0v) is 49.2. The molecule has 0 saturated carbocycles. The lowest BCUT2D eigenvalue weighted by molar-refractivity contribution is -0.167. The molecule has 6 heteroatoms. The van der Waals surface area contributed by atoms with Gasteiger partial charge in [-0.25, -0.2) is 0 Å². The van der Waals surface area contributed by atoms with Gasteiger partial charge in [0.15, 0.2) is 6.10 Å². The van der Waals surface area contributed by atoms with Crippen molar-refractivity contribution in [2.45, 2.75) is 361 Å². The average molecular weight is 1030 g/mol. The highest BCUT2D eigenvalue weighted by atomic mass is 16.6. The van der Waals surface area contributed by atoms with Crippen molar-refractivity contribution in [3.05, 3.63) is 36.5 Å². The van der Waals surface area contributed by atoms with Crippen LogP contribution >= 0.6 is 0 Å². The van der Waals surface area contributed by atoms with Crippen molar-refractivity contribution in [3.63, 3.8) is 0 Å². The predicted molar refractivity (Wildman–Crippen MR) is 316 cm³/mol.